The van der Waals surface area contributed by atoms with Crippen LogP contribution in [0.3, 0.4) is 0 Å². The number of pyridine rings is 1. The van der Waals surface area contributed by atoms with Crippen LogP contribution in [0.4, 0.5) is 0 Å². The average molecular weight is 406 g/mol. The van der Waals surface area contributed by atoms with Crippen LogP contribution in [0.2, 0.25) is 0 Å². The van der Waals surface area contributed by atoms with E-state index in [-0.39, 0.29) is 6.10 Å². The number of nitrogens with zero attached hydrogens (tertiary/aromatic N) is 3. The van der Waals surface area contributed by atoms with Crippen LogP contribution in [0, 0.1) is 5.92 Å². The fourth-order valence-corrected chi connectivity index (χ4v) is 5.19. The van der Waals surface area contributed by atoms with Gasteiger partial charge in [-0.1, -0.05) is 18.9 Å². The summed E-state index contributed by atoms with van der Waals surface area (Å²) in [4.78, 5) is 13.3. The van der Waals surface area contributed by atoms with Gasteiger partial charge in [0.2, 0.25) is 0 Å². The standard InChI is InChI=1S/C23H23N3O2S/c27-20-4-2-1-3-15(20)11-23-26-19-6-5-17(12-22(19)29-23)28-21-8-10-25-14-18(21)16-7-9-24-13-16/h5-8,10,12-15,20,27H,1-4,9,11H2/t15-,20+/m0/s1. The molecule has 0 radical (unpaired) electrons. The number of hydrogen-bond acceptors (Lipinski definition) is 6. The van der Waals surface area contributed by atoms with E-state index in [0.717, 1.165) is 63.5 Å². The fourth-order valence-electron chi connectivity index (χ4n) is 4.10. The molecule has 0 bridgehead atoms. The van der Waals surface area contributed by atoms with Crippen LogP contribution in [-0.2, 0) is 6.42 Å². The lowest BCUT2D eigenvalue weighted by atomic mass is 9.84. The molecule has 5 nitrogen and oxygen atoms in total. The van der Waals surface area contributed by atoms with Crippen molar-refractivity contribution < 1.29 is 9.84 Å². The number of rotatable bonds is 5. The van der Waals surface area contributed by atoms with Crippen LogP contribution in [0.25, 0.3) is 15.8 Å². The molecule has 2 atom stereocenters. The summed E-state index contributed by atoms with van der Waals surface area (Å²) >= 11 is 1.70. The molecule has 3 heterocycles. The first-order chi connectivity index (χ1) is 14.3. The first kappa shape index (κ1) is 18.5. The number of benzene rings is 1. The van der Waals surface area contributed by atoms with Crippen LogP contribution in [0.1, 0.15) is 36.3 Å². The van der Waals surface area contributed by atoms with Crippen molar-refractivity contribution in [3.63, 3.8) is 0 Å². The third-order valence-electron chi connectivity index (χ3n) is 5.68. The molecule has 1 aliphatic heterocycles. The monoisotopic (exact) mass is 405 g/mol. The Labute approximate surface area is 173 Å². The summed E-state index contributed by atoms with van der Waals surface area (Å²) in [5.41, 5.74) is 2.98. The van der Waals surface area contributed by atoms with Gasteiger partial charge in [-0.15, -0.1) is 11.3 Å². The highest BCUT2D eigenvalue weighted by Crippen LogP contribution is 2.34. The molecule has 148 valence electrons. The molecule has 1 aliphatic carbocycles. The van der Waals surface area contributed by atoms with E-state index in [1.165, 1.54) is 6.42 Å². The Morgan fingerprint density at radius 1 is 1.17 bits per heavy atom. The number of aliphatic imine (C=N–C) groups is 1. The van der Waals surface area contributed by atoms with Crippen LogP contribution in [-0.4, -0.2) is 33.9 Å². The van der Waals surface area contributed by atoms with E-state index in [0.29, 0.717) is 12.5 Å². The van der Waals surface area contributed by atoms with E-state index >= 15 is 0 Å². The van der Waals surface area contributed by atoms with Crippen molar-refractivity contribution in [3.05, 3.63) is 53.3 Å². The van der Waals surface area contributed by atoms with Crippen LogP contribution >= 0.6 is 11.3 Å². The fraction of sp³-hybridized carbons (Fsp3) is 0.348. The van der Waals surface area contributed by atoms with E-state index in [4.69, 9.17) is 9.72 Å². The lowest BCUT2D eigenvalue weighted by Crippen LogP contribution is -2.26. The van der Waals surface area contributed by atoms with E-state index < -0.39 is 0 Å². The molecular weight excluding hydrogens is 382 g/mol. The predicted octanol–water partition coefficient (Wildman–Crippen LogP) is 5.05. The second-order valence-electron chi connectivity index (χ2n) is 7.68. The first-order valence-corrected chi connectivity index (χ1v) is 11.0. The smallest absolute Gasteiger partial charge is 0.138 e. The number of fused-ring (bicyclic) bond motifs is 1. The van der Waals surface area contributed by atoms with Crippen LogP contribution in [0.5, 0.6) is 11.5 Å². The molecule has 1 fully saturated rings. The molecule has 0 amide bonds. The van der Waals surface area contributed by atoms with Gasteiger partial charge >= 0.3 is 0 Å². The summed E-state index contributed by atoms with van der Waals surface area (Å²) in [6.07, 6.45) is 12.5. The second kappa shape index (κ2) is 8.05. The summed E-state index contributed by atoms with van der Waals surface area (Å²) in [7, 11) is 0. The van der Waals surface area contributed by atoms with Gasteiger partial charge in [-0.25, -0.2) is 4.98 Å². The lowest BCUT2D eigenvalue weighted by Gasteiger charge is -2.26. The third kappa shape index (κ3) is 3.95. The minimum Gasteiger partial charge on any atom is -0.457 e. The highest BCUT2D eigenvalue weighted by atomic mass is 32.1. The molecular formula is C23H23N3O2S. The van der Waals surface area contributed by atoms with Crippen molar-refractivity contribution in [2.45, 2.75) is 38.2 Å². The number of thiazole rings is 1. The van der Waals surface area contributed by atoms with Gasteiger partial charge in [-0.05, 0) is 37.0 Å². The molecule has 2 aliphatic rings. The van der Waals surface area contributed by atoms with Crippen LogP contribution < -0.4 is 4.74 Å². The Morgan fingerprint density at radius 2 is 2.10 bits per heavy atom. The lowest BCUT2D eigenvalue weighted by molar-refractivity contribution is 0.0700. The molecule has 1 saturated carbocycles. The SMILES string of the molecule is O[C@@H]1CCCC[C@H]1Cc1nc2ccc(Oc3ccncc3C3=CCN=C3)cc2s1. The van der Waals surface area contributed by atoms with E-state index in [1.807, 2.05) is 30.6 Å². The quantitative estimate of drug-likeness (QED) is 0.645. The second-order valence-corrected chi connectivity index (χ2v) is 8.80. The van der Waals surface area contributed by atoms with Crippen molar-refractivity contribution in [1.82, 2.24) is 9.97 Å². The van der Waals surface area contributed by atoms with Gasteiger partial charge in [-0.2, -0.15) is 0 Å². The molecule has 0 spiro atoms. The summed E-state index contributed by atoms with van der Waals surface area (Å²) in [5.74, 6) is 1.89. The molecule has 3 aromatic rings. The number of aliphatic hydroxyl groups is 1. The normalized spacial score (nSPS) is 21.5. The van der Waals surface area contributed by atoms with Crippen molar-refractivity contribution >= 4 is 33.3 Å². The molecule has 1 aromatic carbocycles. The Hall–Kier alpha value is -2.57. The molecule has 0 saturated heterocycles. The Kier molecular flexibility index (Phi) is 5.12. The summed E-state index contributed by atoms with van der Waals surface area (Å²) in [6.45, 7) is 0.703. The van der Waals surface area contributed by atoms with Gasteiger partial charge in [0.15, 0.2) is 0 Å². The van der Waals surface area contributed by atoms with Gasteiger partial charge in [0.25, 0.3) is 0 Å². The summed E-state index contributed by atoms with van der Waals surface area (Å²) in [5, 5.41) is 11.4. The number of hydrogen-bond donors (Lipinski definition) is 1. The Bertz CT molecular complexity index is 1090. The minimum atomic E-state index is -0.187. The Morgan fingerprint density at radius 3 is 2.97 bits per heavy atom. The third-order valence-corrected chi connectivity index (χ3v) is 6.72. The largest absolute Gasteiger partial charge is 0.457 e. The zero-order valence-electron chi connectivity index (χ0n) is 16.1. The van der Waals surface area contributed by atoms with E-state index in [9.17, 15) is 5.11 Å². The zero-order chi connectivity index (χ0) is 19.6. The highest BCUT2D eigenvalue weighted by Gasteiger charge is 2.24. The van der Waals surface area contributed by atoms with Gasteiger partial charge in [-0.3, -0.25) is 9.98 Å². The van der Waals surface area contributed by atoms with Crippen molar-refractivity contribution in [1.29, 1.82) is 0 Å². The summed E-state index contributed by atoms with van der Waals surface area (Å²) < 4.78 is 7.31. The molecule has 1 N–H and O–H groups in total. The maximum atomic E-state index is 10.3. The number of ether oxygens (including phenoxy) is 1. The van der Waals surface area contributed by atoms with E-state index in [1.54, 1.807) is 17.5 Å². The van der Waals surface area contributed by atoms with Gasteiger partial charge in [0, 0.05) is 42.2 Å². The molecule has 0 unspecified atom stereocenters. The van der Waals surface area contributed by atoms with Crippen molar-refractivity contribution in [3.8, 4) is 11.5 Å². The number of allylic oxidation sites excluding steroid dienone is 1. The minimum absolute atomic E-state index is 0.187. The molecule has 29 heavy (non-hydrogen) atoms. The van der Waals surface area contributed by atoms with Gasteiger partial charge in [0.1, 0.15) is 11.5 Å². The predicted molar refractivity (Wildman–Crippen MR) is 117 cm³/mol. The van der Waals surface area contributed by atoms with Crippen LogP contribution in [0.15, 0.2) is 47.7 Å². The van der Waals surface area contributed by atoms with Crippen molar-refractivity contribution in [2.24, 2.45) is 10.9 Å². The summed E-state index contributed by atoms with van der Waals surface area (Å²) in [6, 6.07) is 7.91. The highest BCUT2D eigenvalue weighted by molar-refractivity contribution is 7.18. The molecule has 5 rings (SSSR count). The number of aliphatic hydroxyl groups excluding tert-OH is 1. The van der Waals surface area contributed by atoms with Gasteiger partial charge < -0.3 is 9.84 Å². The number of aromatic nitrogens is 2. The topological polar surface area (TPSA) is 67.6 Å². The first-order valence-electron chi connectivity index (χ1n) is 10.2. The van der Waals surface area contributed by atoms with E-state index in [2.05, 4.69) is 22.1 Å². The molecule has 2 aromatic heterocycles. The van der Waals surface area contributed by atoms with Crippen molar-refractivity contribution in [2.75, 3.05) is 6.54 Å². The van der Waals surface area contributed by atoms with Gasteiger partial charge in [0.05, 0.1) is 27.9 Å². The maximum absolute atomic E-state index is 10.3. The molecule has 6 heteroatoms. The average Bonchev–Trinajstić information content (AvgIpc) is 3.39. The Balaban J connectivity index is 1.38. The zero-order valence-corrected chi connectivity index (χ0v) is 16.9. The maximum Gasteiger partial charge on any atom is 0.138 e.